The van der Waals surface area contributed by atoms with Crippen molar-refractivity contribution in [3.63, 3.8) is 0 Å². The molecule has 104 valence electrons. The van der Waals surface area contributed by atoms with Crippen LogP contribution in [0.1, 0.15) is 34.1 Å². The lowest BCUT2D eigenvalue weighted by Crippen LogP contribution is -2.48. The van der Waals surface area contributed by atoms with Crippen molar-refractivity contribution >= 4 is 6.09 Å². The third-order valence-corrected chi connectivity index (χ3v) is 3.18. The summed E-state index contributed by atoms with van der Waals surface area (Å²) in [5.74, 6) is 0. The Morgan fingerprint density at radius 3 is 2.56 bits per heavy atom. The van der Waals surface area contributed by atoms with Gasteiger partial charge in [-0.05, 0) is 27.2 Å². The SMILES string of the molecule is CC1(CNC2CC2NC(=O)OC(C)(C)C)COC1. The fourth-order valence-electron chi connectivity index (χ4n) is 1.97. The molecule has 1 saturated heterocycles. The van der Waals surface area contributed by atoms with E-state index in [2.05, 4.69) is 17.6 Å². The Hall–Kier alpha value is -0.810. The van der Waals surface area contributed by atoms with Crippen LogP contribution in [0.2, 0.25) is 0 Å². The molecular formula is C13H24N2O3. The average molecular weight is 256 g/mol. The molecule has 2 N–H and O–H groups in total. The Morgan fingerprint density at radius 1 is 1.39 bits per heavy atom. The fraction of sp³-hybridized carbons (Fsp3) is 0.923. The van der Waals surface area contributed by atoms with Gasteiger partial charge in [-0.25, -0.2) is 4.79 Å². The molecule has 5 heteroatoms. The maximum absolute atomic E-state index is 11.5. The Labute approximate surface area is 109 Å². The van der Waals surface area contributed by atoms with E-state index in [1.165, 1.54) is 0 Å². The standard InChI is InChI=1S/C13H24N2O3/c1-12(2,3)18-11(16)15-10-5-9(10)14-6-13(4)7-17-8-13/h9-10,14H,5-8H2,1-4H3,(H,15,16). The number of ether oxygens (including phenoxy) is 2. The molecule has 1 aliphatic heterocycles. The Balaban J connectivity index is 1.61. The molecule has 5 nitrogen and oxygen atoms in total. The van der Waals surface area contributed by atoms with Crippen LogP contribution in [-0.4, -0.2) is 43.5 Å². The van der Waals surface area contributed by atoms with Crippen molar-refractivity contribution in [2.75, 3.05) is 19.8 Å². The van der Waals surface area contributed by atoms with Gasteiger partial charge in [0, 0.05) is 24.0 Å². The van der Waals surface area contributed by atoms with Gasteiger partial charge in [0.25, 0.3) is 0 Å². The number of hydrogen-bond donors (Lipinski definition) is 2. The smallest absolute Gasteiger partial charge is 0.407 e. The normalized spacial score (nSPS) is 29.3. The molecule has 0 aromatic carbocycles. The lowest BCUT2D eigenvalue weighted by atomic mass is 9.89. The van der Waals surface area contributed by atoms with Crippen molar-refractivity contribution in [2.45, 2.75) is 51.8 Å². The van der Waals surface area contributed by atoms with Gasteiger partial charge < -0.3 is 20.1 Å². The Kier molecular flexibility index (Phi) is 3.56. The highest BCUT2D eigenvalue weighted by Crippen LogP contribution is 2.28. The van der Waals surface area contributed by atoms with Gasteiger partial charge in [0.2, 0.25) is 0 Å². The summed E-state index contributed by atoms with van der Waals surface area (Å²) >= 11 is 0. The van der Waals surface area contributed by atoms with E-state index in [1.54, 1.807) is 0 Å². The monoisotopic (exact) mass is 256 g/mol. The van der Waals surface area contributed by atoms with E-state index in [-0.39, 0.29) is 17.6 Å². The van der Waals surface area contributed by atoms with E-state index in [4.69, 9.17) is 9.47 Å². The number of nitrogens with one attached hydrogen (secondary N) is 2. The van der Waals surface area contributed by atoms with Gasteiger partial charge in [0.1, 0.15) is 5.60 Å². The topological polar surface area (TPSA) is 59.6 Å². The number of hydrogen-bond acceptors (Lipinski definition) is 4. The average Bonchev–Trinajstić information content (AvgIpc) is 2.87. The second kappa shape index (κ2) is 4.70. The van der Waals surface area contributed by atoms with Gasteiger partial charge >= 0.3 is 6.09 Å². The van der Waals surface area contributed by atoms with Gasteiger partial charge in [0.05, 0.1) is 13.2 Å². The van der Waals surface area contributed by atoms with E-state index in [9.17, 15) is 4.79 Å². The summed E-state index contributed by atoms with van der Waals surface area (Å²) in [4.78, 5) is 11.5. The minimum absolute atomic E-state index is 0.212. The maximum Gasteiger partial charge on any atom is 0.407 e. The highest BCUT2D eigenvalue weighted by atomic mass is 16.6. The van der Waals surface area contributed by atoms with Crippen molar-refractivity contribution in [1.82, 2.24) is 10.6 Å². The Bertz CT molecular complexity index is 321. The van der Waals surface area contributed by atoms with Crippen molar-refractivity contribution in [1.29, 1.82) is 0 Å². The van der Waals surface area contributed by atoms with Gasteiger partial charge in [-0.3, -0.25) is 0 Å². The molecule has 0 aromatic heterocycles. The first-order valence-electron chi connectivity index (χ1n) is 6.58. The summed E-state index contributed by atoms with van der Waals surface area (Å²) in [6.45, 7) is 10.4. The second-order valence-corrected chi connectivity index (χ2v) is 6.78. The third-order valence-electron chi connectivity index (χ3n) is 3.18. The van der Waals surface area contributed by atoms with Crippen LogP contribution in [0.5, 0.6) is 0 Å². The largest absolute Gasteiger partial charge is 0.444 e. The molecular weight excluding hydrogens is 232 g/mol. The van der Waals surface area contributed by atoms with Crippen molar-refractivity contribution in [3.8, 4) is 0 Å². The highest BCUT2D eigenvalue weighted by molar-refractivity contribution is 5.68. The first-order chi connectivity index (χ1) is 8.27. The maximum atomic E-state index is 11.5. The molecule has 0 bridgehead atoms. The zero-order valence-corrected chi connectivity index (χ0v) is 11.7. The van der Waals surface area contributed by atoms with Crippen LogP contribution >= 0.6 is 0 Å². The lowest BCUT2D eigenvalue weighted by molar-refractivity contribution is -0.0992. The number of carbonyl (C=O) groups excluding carboxylic acids is 1. The number of alkyl carbamates (subject to hydrolysis) is 1. The molecule has 0 radical (unpaired) electrons. The van der Waals surface area contributed by atoms with Crippen LogP contribution in [0, 0.1) is 5.41 Å². The van der Waals surface area contributed by atoms with Gasteiger partial charge in [-0.15, -0.1) is 0 Å². The first-order valence-corrected chi connectivity index (χ1v) is 6.58. The highest BCUT2D eigenvalue weighted by Gasteiger charge is 2.41. The summed E-state index contributed by atoms with van der Waals surface area (Å²) in [6.07, 6.45) is 0.658. The predicted molar refractivity (Wildman–Crippen MR) is 68.5 cm³/mol. The van der Waals surface area contributed by atoms with Crippen LogP contribution in [0.15, 0.2) is 0 Å². The minimum atomic E-state index is -0.432. The molecule has 0 spiro atoms. The summed E-state index contributed by atoms with van der Waals surface area (Å²) < 4.78 is 10.4. The molecule has 2 aliphatic rings. The minimum Gasteiger partial charge on any atom is -0.444 e. The lowest BCUT2D eigenvalue weighted by Gasteiger charge is -2.38. The molecule has 1 amide bonds. The number of rotatable bonds is 4. The van der Waals surface area contributed by atoms with E-state index in [0.717, 1.165) is 26.2 Å². The van der Waals surface area contributed by atoms with E-state index >= 15 is 0 Å². The molecule has 1 heterocycles. The second-order valence-electron chi connectivity index (χ2n) is 6.78. The van der Waals surface area contributed by atoms with Crippen molar-refractivity contribution < 1.29 is 14.3 Å². The summed E-state index contributed by atoms with van der Waals surface area (Å²) in [7, 11) is 0. The van der Waals surface area contributed by atoms with Gasteiger partial charge in [-0.2, -0.15) is 0 Å². The summed E-state index contributed by atoms with van der Waals surface area (Å²) in [5.41, 5.74) is -0.155. The molecule has 2 unspecified atom stereocenters. The van der Waals surface area contributed by atoms with E-state index in [0.29, 0.717) is 6.04 Å². The van der Waals surface area contributed by atoms with Crippen molar-refractivity contribution in [3.05, 3.63) is 0 Å². The van der Waals surface area contributed by atoms with Crippen LogP contribution in [0.4, 0.5) is 4.79 Å². The molecule has 1 saturated carbocycles. The van der Waals surface area contributed by atoms with Gasteiger partial charge in [0.15, 0.2) is 0 Å². The quantitative estimate of drug-likeness (QED) is 0.795. The fourth-order valence-corrected chi connectivity index (χ4v) is 1.97. The Morgan fingerprint density at radius 2 is 2.06 bits per heavy atom. The van der Waals surface area contributed by atoms with Crippen LogP contribution in [0.3, 0.4) is 0 Å². The molecule has 2 atom stereocenters. The van der Waals surface area contributed by atoms with E-state index < -0.39 is 5.60 Å². The molecule has 2 fully saturated rings. The summed E-state index contributed by atoms with van der Waals surface area (Å²) in [6, 6.07) is 0.597. The zero-order chi connectivity index (χ0) is 13.4. The van der Waals surface area contributed by atoms with Gasteiger partial charge in [-0.1, -0.05) is 6.92 Å². The van der Waals surface area contributed by atoms with Crippen LogP contribution in [-0.2, 0) is 9.47 Å². The molecule has 2 rings (SSSR count). The number of carbonyl (C=O) groups is 1. The van der Waals surface area contributed by atoms with Crippen molar-refractivity contribution in [2.24, 2.45) is 5.41 Å². The molecule has 0 aromatic rings. The molecule has 1 aliphatic carbocycles. The third kappa shape index (κ3) is 3.85. The number of amides is 1. The first kappa shape index (κ1) is 13.6. The van der Waals surface area contributed by atoms with Crippen LogP contribution in [0.25, 0.3) is 0 Å². The van der Waals surface area contributed by atoms with E-state index in [1.807, 2.05) is 20.8 Å². The molecule has 18 heavy (non-hydrogen) atoms. The summed E-state index contributed by atoms with van der Waals surface area (Å²) in [5, 5.41) is 6.34. The van der Waals surface area contributed by atoms with Crippen LogP contribution < -0.4 is 10.6 Å². The zero-order valence-electron chi connectivity index (χ0n) is 11.7. The predicted octanol–water partition coefficient (Wildman–Crippen LogP) is 1.28.